The lowest BCUT2D eigenvalue weighted by molar-refractivity contribution is 0.164. The summed E-state index contributed by atoms with van der Waals surface area (Å²) in [5, 5.41) is 8.47. The minimum Gasteiger partial charge on any atom is -0.465 e. The molecule has 1 amide bonds. The molecule has 0 radical (unpaired) electrons. The SMILES string of the molecule is CC(C)N(C(=O)O)P(N)(N)=O. The van der Waals surface area contributed by atoms with Gasteiger partial charge in [-0.3, -0.25) is 15.6 Å². The van der Waals surface area contributed by atoms with E-state index in [0.717, 1.165) is 0 Å². The second-order valence-electron chi connectivity index (χ2n) is 2.39. The summed E-state index contributed by atoms with van der Waals surface area (Å²) >= 11 is 0. The van der Waals surface area contributed by atoms with Crippen molar-refractivity contribution in [2.24, 2.45) is 11.0 Å². The molecule has 0 fully saturated rings. The van der Waals surface area contributed by atoms with Crippen LogP contribution in [-0.2, 0) is 4.57 Å². The molecule has 7 heteroatoms. The highest BCUT2D eigenvalue weighted by atomic mass is 31.2. The Morgan fingerprint density at radius 2 is 1.91 bits per heavy atom. The molecule has 0 heterocycles. The highest BCUT2D eigenvalue weighted by molar-refractivity contribution is 7.57. The highest BCUT2D eigenvalue weighted by Crippen LogP contribution is 2.33. The fourth-order valence-electron chi connectivity index (χ4n) is 0.716. The molecule has 0 spiro atoms. The van der Waals surface area contributed by atoms with Gasteiger partial charge < -0.3 is 5.11 Å². The molecule has 0 aromatic carbocycles. The van der Waals surface area contributed by atoms with Crippen molar-refractivity contribution in [2.45, 2.75) is 19.9 Å². The average molecular weight is 181 g/mol. The Balaban J connectivity index is 4.63. The van der Waals surface area contributed by atoms with Crippen LogP contribution in [0.3, 0.4) is 0 Å². The van der Waals surface area contributed by atoms with E-state index in [4.69, 9.17) is 16.1 Å². The quantitative estimate of drug-likeness (QED) is 0.534. The molecule has 0 bridgehead atoms. The lowest BCUT2D eigenvalue weighted by Gasteiger charge is -2.25. The molecule has 0 saturated heterocycles. The van der Waals surface area contributed by atoms with Crippen molar-refractivity contribution in [1.29, 1.82) is 0 Å². The molecule has 0 aromatic heterocycles. The van der Waals surface area contributed by atoms with Crippen molar-refractivity contribution in [3.8, 4) is 0 Å². The molecule has 0 rings (SSSR count). The van der Waals surface area contributed by atoms with E-state index >= 15 is 0 Å². The summed E-state index contributed by atoms with van der Waals surface area (Å²) in [6.45, 7) is 3.08. The van der Waals surface area contributed by atoms with Crippen LogP contribution >= 0.6 is 7.59 Å². The van der Waals surface area contributed by atoms with E-state index in [9.17, 15) is 9.36 Å². The third-order valence-corrected chi connectivity index (χ3v) is 2.33. The fraction of sp³-hybridized carbons (Fsp3) is 0.750. The lowest BCUT2D eigenvalue weighted by Crippen LogP contribution is -2.38. The van der Waals surface area contributed by atoms with Gasteiger partial charge in [-0.05, 0) is 13.8 Å². The van der Waals surface area contributed by atoms with Gasteiger partial charge in [-0.15, -0.1) is 0 Å². The molecule has 0 saturated carbocycles. The van der Waals surface area contributed by atoms with E-state index in [1.165, 1.54) is 0 Å². The molecule has 0 aliphatic carbocycles. The fourth-order valence-corrected chi connectivity index (χ4v) is 1.70. The zero-order valence-corrected chi connectivity index (χ0v) is 7.28. The summed E-state index contributed by atoms with van der Waals surface area (Å²) in [6.07, 6.45) is -1.37. The zero-order chi connectivity index (χ0) is 9.23. The molecule has 0 aliphatic heterocycles. The first-order chi connectivity index (χ1) is 4.76. The predicted octanol–water partition coefficient (Wildman–Crippen LogP) is 0.400. The second kappa shape index (κ2) is 3.21. The van der Waals surface area contributed by atoms with Crippen LogP contribution in [0.4, 0.5) is 4.79 Å². The summed E-state index contributed by atoms with van der Waals surface area (Å²) in [6, 6.07) is -0.478. The van der Waals surface area contributed by atoms with Crippen molar-refractivity contribution >= 4 is 13.7 Å². The van der Waals surface area contributed by atoms with Crippen molar-refractivity contribution < 1.29 is 14.5 Å². The second-order valence-corrected chi connectivity index (χ2v) is 4.17. The van der Waals surface area contributed by atoms with Gasteiger partial charge >= 0.3 is 13.7 Å². The topological polar surface area (TPSA) is 110 Å². The van der Waals surface area contributed by atoms with Crippen LogP contribution in [-0.4, -0.2) is 21.9 Å². The van der Waals surface area contributed by atoms with Gasteiger partial charge in [-0.1, -0.05) is 0 Å². The van der Waals surface area contributed by atoms with E-state index in [-0.39, 0.29) is 0 Å². The van der Waals surface area contributed by atoms with E-state index in [1.807, 2.05) is 0 Å². The van der Waals surface area contributed by atoms with E-state index in [2.05, 4.69) is 0 Å². The van der Waals surface area contributed by atoms with Crippen molar-refractivity contribution in [2.75, 3.05) is 0 Å². The Kier molecular flexibility index (Phi) is 3.04. The minimum absolute atomic E-state index is 0.478. The predicted molar refractivity (Wildman–Crippen MR) is 41.0 cm³/mol. The van der Waals surface area contributed by atoms with Crippen molar-refractivity contribution in [1.82, 2.24) is 4.67 Å². The number of hydrogen-bond donors (Lipinski definition) is 3. The molecule has 0 aromatic rings. The standard InChI is InChI=1S/C4H12N3O3P/c1-3(2)7(4(8)9)11(5,6)10/h3H,1-2H3,(H,8,9)(H4,5,6,10). The largest absolute Gasteiger partial charge is 0.465 e. The number of nitrogens with zero attached hydrogens (tertiary/aromatic N) is 1. The average Bonchev–Trinajstić information content (AvgIpc) is 1.54. The number of hydrogen-bond acceptors (Lipinski definition) is 2. The van der Waals surface area contributed by atoms with Gasteiger partial charge in [-0.25, -0.2) is 9.46 Å². The highest BCUT2D eigenvalue weighted by Gasteiger charge is 2.28. The Morgan fingerprint density at radius 3 is 1.91 bits per heavy atom. The Hall–Kier alpha value is -0.580. The Morgan fingerprint density at radius 1 is 1.55 bits per heavy atom. The van der Waals surface area contributed by atoms with Crippen molar-refractivity contribution in [3.05, 3.63) is 0 Å². The van der Waals surface area contributed by atoms with E-state index < -0.39 is 19.7 Å². The van der Waals surface area contributed by atoms with Gasteiger partial charge in [-0.2, -0.15) is 0 Å². The summed E-state index contributed by atoms with van der Waals surface area (Å²) in [7, 11) is -3.65. The molecule has 66 valence electrons. The molecule has 0 unspecified atom stereocenters. The first-order valence-electron chi connectivity index (χ1n) is 2.96. The monoisotopic (exact) mass is 181 g/mol. The number of nitrogens with two attached hydrogens (primary N) is 2. The lowest BCUT2D eigenvalue weighted by atomic mass is 10.4. The smallest absolute Gasteiger partial charge is 0.414 e. The number of rotatable bonds is 2. The molecule has 11 heavy (non-hydrogen) atoms. The third kappa shape index (κ3) is 2.88. The normalized spacial score (nSPS) is 11.7. The van der Waals surface area contributed by atoms with Crippen molar-refractivity contribution in [3.63, 3.8) is 0 Å². The number of amides is 1. The van der Waals surface area contributed by atoms with Gasteiger partial charge in [0.2, 0.25) is 0 Å². The first-order valence-corrected chi connectivity index (χ1v) is 4.76. The first kappa shape index (κ1) is 10.4. The van der Waals surface area contributed by atoms with E-state index in [0.29, 0.717) is 4.67 Å². The van der Waals surface area contributed by atoms with Crippen LogP contribution in [0, 0.1) is 0 Å². The summed E-state index contributed by atoms with van der Waals surface area (Å²) in [5.74, 6) is 0. The van der Waals surface area contributed by atoms with Crippen LogP contribution in [0.5, 0.6) is 0 Å². The van der Waals surface area contributed by atoms with E-state index in [1.54, 1.807) is 13.8 Å². The molecule has 6 nitrogen and oxygen atoms in total. The zero-order valence-electron chi connectivity index (χ0n) is 6.39. The van der Waals surface area contributed by atoms with Gasteiger partial charge in [0.25, 0.3) is 0 Å². The van der Waals surface area contributed by atoms with Gasteiger partial charge in [0.1, 0.15) is 0 Å². The summed E-state index contributed by atoms with van der Waals surface area (Å²) < 4.78 is 11.4. The summed E-state index contributed by atoms with van der Waals surface area (Å²) in [5.41, 5.74) is 9.92. The Bertz CT molecular complexity index is 199. The van der Waals surface area contributed by atoms with Crippen LogP contribution in [0.15, 0.2) is 0 Å². The van der Waals surface area contributed by atoms with Crippen LogP contribution in [0.1, 0.15) is 13.8 Å². The van der Waals surface area contributed by atoms with Gasteiger partial charge in [0.15, 0.2) is 0 Å². The minimum atomic E-state index is -3.65. The summed E-state index contributed by atoms with van der Waals surface area (Å²) in [4.78, 5) is 10.4. The van der Waals surface area contributed by atoms with Crippen LogP contribution in [0.25, 0.3) is 0 Å². The maximum absolute atomic E-state index is 10.9. The van der Waals surface area contributed by atoms with Crippen LogP contribution < -0.4 is 11.0 Å². The molecule has 0 aliphatic rings. The Labute approximate surface area is 64.7 Å². The maximum Gasteiger partial charge on any atom is 0.414 e. The van der Waals surface area contributed by atoms with Crippen LogP contribution in [0.2, 0.25) is 0 Å². The molecular weight excluding hydrogens is 169 g/mol. The third-order valence-electron chi connectivity index (χ3n) is 1.02. The molecular formula is C4H12N3O3P. The maximum atomic E-state index is 10.9. The molecule has 5 N–H and O–H groups in total. The number of carboxylic acid groups (broad SMARTS) is 1. The number of carbonyl (C=O) groups is 1. The molecule has 0 atom stereocenters. The van der Waals surface area contributed by atoms with Gasteiger partial charge in [0, 0.05) is 6.04 Å². The van der Waals surface area contributed by atoms with Gasteiger partial charge in [0.05, 0.1) is 0 Å².